The molecule has 3 rings (SSSR count). The van der Waals surface area contributed by atoms with E-state index in [0.29, 0.717) is 24.4 Å². The first-order valence-corrected chi connectivity index (χ1v) is 7.81. The van der Waals surface area contributed by atoms with Gasteiger partial charge in [0, 0.05) is 25.5 Å². The predicted molar refractivity (Wildman–Crippen MR) is 93.8 cm³/mol. The molecule has 0 spiro atoms. The Hall–Kier alpha value is -3.19. The maximum atomic E-state index is 12.6. The first-order chi connectivity index (χ1) is 12.2. The number of ether oxygens (including phenoxy) is 1. The number of aromatic nitrogens is 2. The van der Waals surface area contributed by atoms with Crippen LogP contribution < -0.4 is 10.6 Å². The van der Waals surface area contributed by atoms with Crippen LogP contribution in [0.3, 0.4) is 0 Å². The topological polar surface area (TPSA) is 84.7 Å². The van der Waals surface area contributed by atoms with Crippen LogP contribution in [-0.4, -0.2) is 41.5 Å². The van der Waals surface area contributed by atoms with Crippen molar-refractivity contribution in [1.29, 1.82) is 0 Å². The zero-order chi connectivity index (χ0) is 17.6. The molecule has 0 aliphatic carbocycles. The van der Waals surface area contributed by atoms with E-state index in [4.69, 9.17) is 4.74 Å². The Balaban J connectivity index is 1.91. The number of fused-ring (bicyclic) bond motifs is 1. The van der Waals surface area contributed by atoms with Gasteiger partial charge in [0.2, 0.25) is 5.82 Å². The highest BCUT2D eigenvalue weighted by Gasteiger charge is 2.21. The molecule has 0 unspecified atom stereocenters. The summed E-state index contributed by atoms with van der Waals surface area (Å²) >= 11 is 0. The van der Waals surface area contributed by atoms with E-state index < -0.39 is 0 Å². The Bertz CT molecular complexity index is 890. The van der Waals surface area contributed by atoms with Crippen LogP contribution in [0.2, 0.25) is 0 Å². The Morgan fingerprint density at radius 1 is 1.08 bits per heavy atom. The van der Waals surface area contributed by atoms with E-state index in [1.807, 2.05) is 18.2 Å². The molecular formula is C18H18N4O3. The van der Waals surface area contributed by atoms with Crippen LogP contribution in [0.1, 0.15) is 21.1 Å². The number of carbonyl (C=O) groups excluding carboxylic acids is 2. The van der Waals surface area contributed by atoms with Crippen molar-refractivity contribution in [3.63, 3.8) is 0 Å². The number of nitrogens with one attached hydrogen (secondary N) is 2. The Morgan fingerprint density at radius 2 is 1.84 bits per heavy atom. The molecule has 2 aromatic heterocycles. The van der Waals surface area contributed by atoms with Crippen LogP contribution >= 0.6 is 0 Å². The fourth-order valence-electron chi connectivity index (χ4n) is 2.42. The fourth-order valence-corrected chi connectivity index (χ4v) is 2.42. The maximum absolute atomic E-state index is 12.6. The minimum Gasteiger partial charge on any atom is -0.383 e. The summed E-state index contributed by atoms with van der Waals surface area (Å²) < 4.78 is 6.52. The number of anilines is 1. The molecule has 7 heteroatoms. The second-order valence-electron chi connectivity index (χ2n) is 5.31. The van der Waals surface area contributed by atoms with Gasteiger partial charge in [-0.05, 0) is 24.3 Å². The molecule has 0 aliphatic heterocycles. The van der Waals surface area contributed by atoms with Gasteiger partial charge in [-0.1, -0.05) is 24.3 Å². The molecule has 0 aliphatic rings. The van der Waals surface area contributed by atoms with Gasteiger partial charge in [-0.15, -0.1) is 0 Å². The summed E-state index contributed by atoms with van der Waals surface area (Å²) in [5.41, 5.74) is 1.42. The van der Waals surface area contributed by atoms with Crippen LogP contribution in [0, 0.1) is 0 Å². The number of para-hydroxylation sites is 1. The van der Waals surface area contributed by atoms with Gasteiger partial charge < -0.3 is 15.4 Å². The van der Waals surface area contributed by atoms with Crippen molar-refractivity contribution in [2.75, 3.05) is 25.6 Å². The Kier molecular flexibility index (Phi) is 5.06. The van der Waals surface area contributed by atoms with Crippen molar-refractivity contribution in [1.82, 2.24) is 14.7 Å². The van der Waals surface area contributed by atoms with E-state index in [0.717, 1.165) is 0 Å². The lowest BCUT2D eigenvalue weighted by Crippen LogP contribution is -2.28. The van der Waals surface area contributed by atoms with E-state index in [1.165, 1.54) is 0 Å². The third-order valence-electron chi connectivity index (χ3n) is 3.59. The molecule has 3 aromatic rings. The minimum atomic E-state index is -0.370. The van der Waals surface area contributed by atoms with Gasteiger partial charge in [0.15, 0.2) is 5.69 Å². The molecule has 0 bridgehead atoms. The summed E-state index contributed by atoms with van der Waals surface area (Å²) in [5, 5.41) is 5.50. The number of hydrogen-bond acceptors (Lipinski definition) is 4. The number of imidazole rings is 1. The smallest absolute Gasteiger partial charge is 0.287 e. The average Bonchev–Trinajstić information content (AvgIpc) is 3.03. The number of hydrogen-bond donors (Lipinski definition) is 2. The van der Waals surface area contributed by atoms with Gasteiger partial charge in [0.05, 0.1) is 12.1 Å². The third-order valence-corrected chi connectivity index (χ3v) is 3.59. The second kappa shape index (κ2) is 7.59. The average molecular weight is 338 g/mol. The van der Waals surface area contributed by atoms with Crippen LogP contribution in [0.4, 0.5) is 5.69 Å². The summed E-state index contributed by atoms with van der Waals surface area (Å²) in [7, 11) is 1.56. The maximum Gasteiger partial charge on any atom is 0.287 e. The Labute approximate surface area is 144 Å². The van der Waals surface area contributed by atoms with Gasteiger partial charge in [-0.3, -0.25) is 14.0 Å². The first kappa shape index (κ1) is 16.7. The minimum absolute atomic E-state index is 0.157. The molecule has 0 fully saturated rings. The van der Waals surface area contributed by atoms with Crippen LogP contribution in [0.5, 0.6) is 0 Å². The number of rotatable bonds is 6. The number of benzene rings is 1. The largest absolute Gasteiger partial charge is 0.383 e. The number of amides is 2. The molecule has 2 heterocycles. The highest BCUT2D eigenvalue weighted by Crippen LogP contribution is 2.15. The fraction of sp³-hybridized carbons (Fsp3) is 0.167. The van der Waals surface area contributed by atoms with Crippen molar-refractivity contribution in [3.05, 3.63) is 66.2 Å². The quantitative estimate of drug-likeness (QED) is 0.673. The molecule has 0 saturated heterocycles. The van der Waals surface area contributed by atoms with Gasteiger partial charge in [-0.25, -0.2) is 4.98 Å². The van der Waals surface area contributed by atoms with Gasteiger partial charge in [-0.2, -0.15) is 0 Å². The summed E-state index contributed by atoms with van der Waals surface area (Å²) in [6.07, 6.45) is 1.70. The molecule has 0 atom stereocenters. The summed E-state index contributed by atoms with van der Waals surface area (Å²) in [4.78, 5) is 29.2. The van der Waals surface area contributed by atoms with E-state index in [-0.39, 0.29) is 23.3 Å². The summed E-state index contributed by atoms with van der Waals surface area (Å²) in [6, 6.07) is 14.4. The van der Waals surface area contributed by atoms with Gasteiger partial charge >= 0.3 is 0 Å². The molecule has 0 radical (unpaired) electrons. The highest BCUT2D eigenvalue weighted by atomic mass is 16.5. The number of nitrogens with zero attached hydrogens (tertiary/aromatic N) is 2. The van der Waals surface area contributed by atoms with Crippen LogP contribution in [0.25, 0.3) is 5.52 Å². The van der Waals surface area contributed by atoms with Crippen molar-refractivity contribution < 1.29 is 14.3 Å². The summed E-state index contributed by atoms with van der Waals surface area (Å²) in [6.45, 7) is 0.763. The van der Waals surface area contributed by atoms with Gasteiger partial charge in [0.1, 0.15) is 0 Å². The molecule has 25 heavy (non-hydrogen) atoms. The number of pyridine rings is 1. The molecule has 7 nitrogen and oxygen atoms in total. The standard InChI is InChI=1S/C18H18N4O3/c1-25-12-10-19-18(24)16-21-15(14-9-5-6-11-22(14)16)17(23)20-13-7-3-2-4-8-13/h2-9,11H,10,12H2,1H3,(H,19,24)(H,20,23). The zero-order valence-corrected chi connectivity index (χ0v) is 13.7. The second-order valence-corrected chi connectivity index (χ2v) is 5.31. The molecule has 128 valence electrons. The summed E-state index contributed by atoms with van der Waals surface area (Å²) in [5.74, 6) is -0.576. The molecular weight excluding hydrogens is 320 g/mol. The monoisotopic (exact) mass is 338 g/mol. The van der Waals surface area contributed by atoms with Gasteiger partial charge in [0.25, 0.3) is 11.8 Å². The van der Waals surface area contributed by atoms with Crippen molar-refractivity contribution in [2.24, 2.45) is 0 Å². The third kappa shape index (κ3) is 3.67. The van der Waals surface area contributed by atoms with E-state index in [9.17, 15) is 9.59 Å². The molecule has 0 saturated carbocycles. The number of carbonyl (C=O) groups is 2. The molecule has 1 aromatic carbocycles. The lowest BCUT2D eigenvalue weighted by atomic mass is 10.3. The molecule has 2 N–H and O–H groups in total. The predicted octanol–water partition coefficient (Wildman–Crippen LogP) is 1.96. The SMILES string of the molecule is COCCNC(=O)c1nc(C(=O)Nc2ccccc2)c2ccccn12. The first-order valence-electron chi connectivity index (χ1n) is 7.81. The van der Waals surface area contributed by atoms with Crippen LogP contribution in [-0.2, 0) is 4.74 Å². The zero-order valence-electron chi connectivity index (χ0n) is 13.7. The normalized spacial score (nSPS) is 10.6. The lowest BCUT2D eigenvalue weighted by Gasteiger charge is -2.03. The highest BCUT2D eigenvalue weighted by molar-refractivity contribution is 6.08. The lowest BCUT2D eigenvalue weighted by molar-refractivity contribution is 0.0926. The van der Waals surface area contributed by atoms with E-state index in [1.54, 1.807) is 48.0 Å². The van der Waals surface area contributed by atoms with Crippen molar-refractivity contribution >= 4 is 23.0 Å². The Morgan fingerprint density at radius 3 is 2.60 bits per heavy atom. The molecule has 2 amide bonds. The van der Waals surface area contributed by atoms with E-state index in [2.05, 4.69) is 15.6 Å². The van der Waals surface area contributed by atoms with Crippen LogP contribution in [0.15, 0.2) is 54.7 Å². The van der Waals surface area contributed by atoms with E-state index >= 15 is 0 Å². The van der Waals surface area contributed by atoms with Crippen molar-refractivity contribution in [2.45, 2.75) is 0 Å². The number of methoxy groups -OCH3 is 1. The van der Waals surface area contributed by atoms with Crippen molar-refractivity contribution in [3.8, 4) is 0 Å².